The van der Waals surface area contributed by atoms with Gasteiger partial charge in [0.2, 0.25) is 0 Å². The number of nitrogens with zero attached hydrogens (tertiary/aromatic N) is 1. The van der Waals surface area contributed by atoms with Crippen molar-refractivity contribution in [3.63, 3.8) is 0 Å². The van der Waals surface area contributed by atoms with Crippen LogP contribution in [0.5, 0.6) is 0 Å². The van der Waals surface area contributed by atoms with Crippen LogP contribution < -0.4 is 10.6 Å². The molecule has 0 atom stereocenters. The molecule has 2 amide bonds. The molecule has 0 fully saturated rings. The topological polar surface area (TPSA) is 44.4 Å². The SMILES string of the molecule is CCCCNC(=O)NCC(C)(C)CN(C)C. The zero-order chi connectivity index (χ0) is 12.6. The molecule has 0 aromatic heterocycles. The van der Waals surface area contributed by atoms with Crippen molar-refractivity contribution < 1.29 is 4.79 Å². The Morgan fingerprint density at radius 3 is 2.38 bits per heavy atom. The molecule has 0 aliphatic carbocycles. The van der Waals surface area contributed by atoms with Crippen LogP contribution in [0.2, 0.25) is 0 Å². The number of carbonyl (C=O) groups excluding carboxylic acids is 1. The van der Waals surface area contributed by atoms with Crippen LogP contribution in [0, 0.1) is 5.41 Å². The van der Waals surface area contributed by atoms with E-state index in [1.54, 1.807) is 0 Å². The van der Waals surface area contributed by atoms with Gasteiger partial charge in [-0.05, 0) is 25.9 Å². The molecule has 0 aromatic rings. The third-order valence-electron chi connectivity index (χ3n) is 2.29. The lowest BCUT2D eigenvalue weighted by atomic mass is 9.93. The summed E-state index contributed by atoms with van der Waals surface area (Å²) >= 11 is 0. The molecule has 0 rings (SSSR count). The lowest BCUT2D eigenvalue weighted by Gasteiger charge is -2.28. The molecule has 16 heavy (non-hydrogen) atoms. The van der Waals surface area contributed by atoms with E-state index in [9.17, 15) is 4.79 Å². The predicted octanol–water partition coefficient (Wildman–Crippen LogP) is 1.67. The standard InChI is InChI=1S/C12H27N3O/c1-6-7-8-13-11(16)14-9-12(2,3)10-15(4)5/h6-10H2,1-5H3,(H2,13,14,16). The zero-order valence-corrected chi connectivity index (χ0v) is 11.4. The second-order valence-corrected chi connectivity index (χ2v) is 5.37. The number of hydrogen-bond acceptors (Lipinski definition) is 2. The Labute approximate surface area is 99.8 Å². The number of nitrogens with one attached hydrogen (secondary N) is 2. The lowest BCUT2D eigenvalue weighted by molar-refractivity contribution is 0.215. The van der Waals surface area contributed by atoms with E-state index in [0.29, 0.717) is 6.54 Å². The van der Waals surface area contributed by atoms with Crippen LogP contribution in [0.1, 0.15) is 33.6 Å². The molecule has 0 unspecified atom stereocenters. The molecule has 0 radical (unpaired) electrons. The van der Waals surface area contributed by atoms with Crippen molar-refractivity contribution in [1.82, 2.24) is 15.5 Å². The van der Waals surface area contributed by atoms with Gasteiger partial charge in [0.05, 0.1) is 0 Å². The van der Waals surface area contributed by atoms with E-state index in [0.717, 1.165) is 25.9 Å². The minimum Gasteiger partial charge on any atom is -0.338 e. The molecule has 2 N–H and O–H groups in total. The predicted molar refractivity (Wildman–Crippen MR) is 68.6 cm³/mol. The molecule has 4 nitrogen and oxygen atoms in total. The monoisotopic (exact) mass is 229 g/mol. The minimum absolute atomic E-state index is 0.0553. The minimum atomic E-state index is -0.0553. The summed E-state index contributed by atoms with van der Waals surface area (Å²) in [6.07, 6.45) is 2.14. The Hall–Kier alpha value is -0.770. The molecule has 0 spiro atoms. The number of amides is 2. The van der Waals surface area contributed by atoms with Crippen LogP contribution in [-0.2, 0) is 0 Å². The highest BCUT2D eigenvalue weighted by atomic mass is 16.2. The Kier molecular flexibility index (Phi) is 7.13. The van der Waals surface area contributed by atoms with Gasteiger partial charge in [0.15, 0.2) is 0 Å². The molecule has 0 aliphatic heterocycles. The average molecular weight is 229 g/mol. The van der Waals surface area contributed by atoms with Crippen molar-refractivity contribution in [2.45, 2.75) is 33.6 Å². The molecule has 96 valence electrons. The average Bonchev–Trinajstić information content (AvgIpc) is 2.13. The maximum absolute atomic E-state index is 11.4. The van der Waals surface area contributed by atoms with E-state index < -0.39 is 0 Å². The summed E-state index contributed by atoms with van der Waals surface area (Å²) in [5.41, 5.74) is 0.103. The zero-order valence-electron chi connectivity index (χ0n) is 11.4. The van der Waals surface area contributed by atoms with E-state index in [-0.39, 0.29) is 11.4 Å². The third-order valence-corrected chi connectivity index (χ3v) is 2.29. The summed E-state index contributed by atoms with van der Waals surface area (Å²) in [5, 5.41) is 5.76. The Balaban J connectivity index is 3.72. The first-order valence-electron chi connectivity index (χ1n) is 6.04. The van der Waals surface area contributed by atoms with Crippen LogP contribution in [-0.4, -0.2) is 44.7 Å². The fraction of sp³-hybridized carbons (Fsp3) is 0.917. The van der Waals surface area contributed by atoms with E-state index in [2.05, 4.69) is 36.3 Å². The van der Waals surface area contributed by atoms with E-state index in [4.69, 9.17) is 0 Å². The lowest BCUT2D eigenvalue weighted by Crippen LogP contribution is -2.44. The Morgan fingerprint density at radius 1 is 1.25 bits per heavy atom. The second-order valence-electron chi connectivity index (χ2n) is 5.37. The summed E-state index contributed by atoms with van der Waals surface area (Å²) in [7, 11) is 4.09. The van der Waals surface area contributed by atoms with Gasteiger partial charge >= 0.3 is 6.03 Å². The van der Waals surface area contributed by atoms with Gasteiger partial charge in [0, 0.05) is 19.6 Å². The smallest absolute Gasteiger partial charge is 0.314 e. The summed E-state index contributed by atoms with van der Waals surface area (Å²) < 4.78 is 0. The summed E-state index contributed by atoms with van der Waals surface area (Å²) in [6, 6.07) is -0.0553. The highest BCUT2D eigenvalue weighted by molar-refractivity contribution is 5.73. The Morgan fingerprint density at radius 2 is 1.88 bits per heavy atom. The van der Waals surface area contributed by atoms with E-state index in [1.165, 1.54) is 0 Å². The summed E-state index contributed by atoms with van der Waals surface area (Å²) in [4.78, 5) is 13.6. The van der Waals surface area contributed by atoms with Gasteiger partial charge in [-0.15, -0.1) is 0 Å². The fourth-order valence-electron chi connectivity index (χ4n) is 1.67. The largest absolute Gasteiger partial charge is 0.338 e. The van der Waals surface area contributed by atoms with Crippen molar-refractivity contribution in [2.75, 3.05) is 33.7 Å². The molecule has 0 aliphatic rings. The highest BCUT2D eigenvalue weighted by Gasteiger charge is 2.19. The molecule has 0 aromatic carbocycles. The molecular weight excluding hydrogens is 202 g/mol. The van der Waals surface area contributed by atoms with Gasteiger partial charge in [-0.3, -0.25) is 0 Å². The third kappa shape index (κ3) is 8.53. The molecule has 0 bridgehead atoms. The van der Waals surface area contributed by atoms with Gasteiger partial charge in [0.1, 0.15) is 0 Å². The number of carbonyl (C=O) groups is 1. The molecule has 0 saturated carbocycles. The quantitative estimate of drug-likeness (QED) is 0.652. The first-order chi connectivity index (χ1) is 7.37. The van der Waals surface area contributed by atoms with Crippen LogP contribution in [0.3, 0.4) is 0 Å². The fourth-order valence-corrected chi connectivity index (χ4v) is 1.67. The van der Waals surface area contributed by atoms with Crippen LogP contribution in [0.25, 0.3) is 0 Å². The first-order valence-corrected chi connectivity index (χ1v) is 6.04. The van der Waals surface area contributed by atoms with Crippen molar-refractivity contribution in [3.05, 3.63) is 0 Å². The van der Waals surface area contributed by atoms with Gasteiger partial charge in [-0.1, -0.05) is 27.2 Å². The summed E-state index contributed by atoms with van der Waals surface area (Å²) in [5.74, 6) is 0. The first kappa shape index (κ1) is 15.2. The van der Waals surface area contributed by atoms with Crippen molar-refractivity contribution in [3.8, 4) is 0 Å². The maximum Gasteiger partial charge on any atom is 0.314 e. The van der Waals surface area contributed by atoms with Crippen LogP contribution >= 0.6 is 0 Å². The van der Waals surface area contributed by atoms with Gasteiger partial charge < -0.3 is 15.5 Å². The van der Waals surface area contributed by atoms with E-state index in [1.807, 2.05) is 14.1 Å². The number of urea groups is 1. The maximum atomic E-state index is 11.4. The molecule has 0 heterocycles. The van der Waals surface area contributed by atoms with Gasteiger partial charge in [-0.2, -0.15) is 0 Å². The second kappa shape index (κ2) is 7.49. The van der Waals surface area contributed by atoms with Crippen molar-refractivity contribution in [2.24, 2.45) is 5.41 Å². The number of rotatable bonds is 7. The highest BCUT2D eigenvalue weighted by Crippen LogP contribution is 2.13. The van der Waals surface area contributed by atoms with Gasteiger partial charge in [0.25, 0.3) is 0 Å². The molecular formula is C12H27N3O. The van der Waals surface area contributed by atoms with Crippen LogP contribution in [0.4, 0.5) is 4.79 Å². The number of unbranched alkanes of at least 4 members (excludes halogenated alkanes) is 1. The van der Waals surface area contributed by atoms with Crippen molar-refractivity contribution in [1.29, 1.82) is 0 Å². The summed E-state index contributed by atoms with van der Waals surface area (Å²) in [6.45, 7) is 8.83. The Bertz CT molecular complexity index is 202. The normalized spacial score (nSPS) is 11.6. The molecule has 4 heteroatoms. The van der Waals surface area contributed by atoms with Crippen molar-refractivity contribution >= 4 is 6.03 Å². The van der Waals surface area contributed by atoms with Gasteiger partial charge in [-0.25, -0.2) is 4.79 Å². The van der Waals surface area contributed by atoms with Crippen LogP contribution in [0.15, 0.2) is 0 Å². The van der Waals surface area contributed by atoms with E-state index >= 15 is 0 Å². The number of hydrogen-bond donors (Lipinski definition) is 2. The molecule has 0 saturated heterocycles.